The zero-order valence-electron chi connectivity index (χ0n) is 12.1. The van der Waals surface area contributed by atoms with Crippen LogP contribution in [0.25, 0.3) is 0 Å². The van der Waals surface area contributed by atoms with Gasteiger partial charge in [0.1, 0.15) is 5.69 Å². The van der Waals surface area contributed by atoms with Crippen molar-refractivity contribution < 1.29 is 4.92 Å². The second-order valence-corrected chi connectivity index (χ2v) is 5.99. The zero-order chi connectivity index (χ0) is 14.9. The van der Waals surface area contributed by atoms with E-state index in [0.29, 0.717) is 5.69 Å². The van der Waals surface area contributed by atoms with Crippen LogP contribution in [0.1, 0.15) is 34.5 Å². The fourth-order valence-electron chi connectivity index (χ4n) is 2.19. The summed E-state index contributed by atoms with van der Waals surface area (Å²) in [6, 6.07) is 5.60. The highest BCUT2D eigenvalue weighted by atomic mass is 32.1. The average molecular weight is 290 g/mol. The normalized spacial score (nSPS) is 12.2. The Bertz CT molecular complexity index is 649. The number of aryl methyl sites for hydroxylation is 3. The van der Waals surface area contributed by atoms with E-state index in [1.807, 2.05) is 32.2 Å². The summed E-state index contributed by atoms with van der Waals surface area (Å²) in [5.74, 6) is 0. The Morgan fingerprint density at radius 3 is 2.40 bits per heavy atom. The fraction of sp³-hybridized carbons (Fsp3) is 0.333. The van der Waals surface area contributed by atoms with Crippen LogP contribution in [0.2, 0.25) is 0 Å². The lowest BCUT2D eigenvalue weighted by Crippen LogP contribution is -2.08. The molecule has 5 heteroatoms. The smallest absolute Gasteiger partial charge is 0.292 e. The van der Waals surface area contributed by atoms with E-state index >= 15 is 0 Å². The molecule has 1 aromatic carbocycles. The van der Waals surface area contributed by atoms with Gasteiger partial charge < -0.3 is 5.32 Å². The molecule has 106 valence electrons. The number of thiophene rings is 1. The lowest BCUT2D eigenvalue weighted by Gasteiger charge is -2.16. The first kappa shape index (κ1) is 14.5. The minimum absolute atomic E-state index is 0.0517. The lowest BCUT2D eigenvalue weighted by atomic mass is 10.1. The van der Waals surface area contributed by atoms with Gasteiger partial charge in [0.15, 0.2) is 0 Å². The summed E-state index contributed by atoms with van der Waals surface area (Å²) < 4.78 is 0. The molecule has 0 aliphatic carbocycles. The Hall–Kier alpha value is -1.88. The first-order valence-corrected chi connectivity index (χ1v) is 7.34. The van der Waals surface area contributed by atoms with Gasteiger partial charge >= 0.3 is 0 Å². The summed E-state index contributed by atoms with van der Waals surface area (Å²) in [5, 5.41) is 16.5. The standard InChI is InChI=1S/C15H18N2O2S/c1-9-5-6-20-15(9)12(4)16-13-7-10(2)11(3)8-14(13)17(18)19/h5-8,12,16H,1-4H3. The van der Waals surface area contributed by atoms with Crippen LogP contribution in [0, 0.1) is 30.9 Å². The number of anilines is 1. The van der Waals surface area contributed by atoms with Crippen molar-refractivity contribution >= 4 is 22.7 Å². The maximum Gasteiger partial charge on any atom is 0.292 e. The molecule has 0 aliphatic heterocycles. The number of nitro benzene ring substituents is 1. The quantitative estimate of drug-likeness (QED) is 0.652. The second kappa shape index (κ2) is 5.63. The van der Waals surface area contributed by atoms with Crippen LogP contribution in [0.3, 0.4) is 0 Å². The van der Waals surface area contributed by atoms with Gasteiger partial charge in [-0.05, 0) is 61.9 Å². The summed E-state index contributed by atoms with van der Waals surface area (Å²) in [5.41, 5.74) is 3.91. The Morgan fingerprint density at radius 2 is 1.85 bits per heavy atom. The third kappa shape index (κ3) is 2.82. The minimum atomic E-state index is -0.331. The molecule has 0 radical (unpaired) electrons. The van der Waals surface area contributed by atoms with E-state index in [2.05, 4.69) is 18.3 Å². The molecule has 0 amide bonds. The number of hydrogen-bond acceptors (Lipinski definition) is 4. The van der Waals surface area contributed by atoms with E-state index in [4.69, 9.17) is 0 Å². The average Bonchev–Trinajstić information content (AvgIpc) is 2.79. The van der Waals surface area contributed by atoms with Crippen molar-refractivity contribution in [3.8, 4) is 0 Å². The van der Waals surface area contributed by atoms with Gasteiger partial charge in [0.25, 0.3) is 5.69 Å². The third-order valence-electron chi connectivity index (χ3n) is 3.48. The molecule has 0 saturated carbocycles. The third-order valence-corrected chi connectivity index (χ3v) is 4.68. The van der Waals surface area contributed by atoms with E-state index in [0.717, 1.165) is 11.1 Å². The lowest BCUT2D eigenvalue weighted by molar-refractivity contribution is -0.384. The van der Waals surface area contributed by atoms with Gasteiger partial charge in [-0.15, -0.1) is 11.3 Å². The predicted octanol–water partition coefficient (Wildman–Crippen LogP) is 4.75. The van der Waals surface area contributed by atoms with Crippen LogP contribution in [0.5, 0.6) is 0 Å². The Labute approximate surface area is 122 Å². The first-order valence-electron chi connectivity index (χ1n) is 6.46. The molecule has 1 atom stereocenters. The Morgan fingerprint density at radius 1 is 1.20 bits per heavy atom. The summed E-state index contributed by atoms with van der Waals surface area (Å²) in [7, 11) is 0. The molecule has 0 fully saturated rings. The summed E-state index contributed by atoms with van der Waals surface area (Å²) in [4.78, 5) is 12.1. The molecule has 0 saturated heterocycles. The van der Waals surface area contributed by atoms with Crippen LogP contribution in [0.4, 0.5) is 11.4 Å². The zero-order valence-corrected chi connectivity index (χ0v) is 12.9. The van der Waals surface area contributed by atoms with Crippen LogP contribution in [0.15, 0.2) is 23.6 Å². The maximum absolute atomic E-state index is 11.2. The van der Waals surface area contributed by atoms with E-state index in [1.54, 1.807) is 17.4 Å². The number of nitrogens with zero attached hydrogens (tertiary/aromatic N) is 1. The van der Waals surface area contributed by atoms with E-state index < -0.39 is 0 Å². The molecule has 0 spiro atoms. The topological polar surface area (TPSA) is 55.2 Å². The molecule has 1 unspecified atom stereocenters. The molecular formula is C15H18N2O2S. The molecule has 20 heavy (non-hydrogen) atoms. The molecule has 0 bridgehead atoms. The Balaban J connectivity index is 2.36. The number of hydrogen-bond donors (Lipinski definition) is 1. The predicted molar refractivity (Wildman–Crippen MR) is 83.7 cm³/mol. The SMILES string of the molecule is Cc1cc(NC(C)c2sccc2C)c([N+](=O)[O-])cc1C. The molecule has 1 N–H and O–H groups in total. The largest absolute Gasteiger partial charge is 0.372 e. The van der Waals surface area contributed by atoms with Crippen LogP contribution in [-0.4, -0.2) is 4.92 Å². The molecule has 0 aliphatic rings. The van der Waals surface area contributed by atoms with Gasteiger partial charge in [-0.25, -0.2) is 0 Å². The highest BCUT2D eigenvalue weighted by Crippen LogP contribution is 2.33. The highest BCUT2D eigenvalue weighted by Gasteiger charge is 2.18. The second-order valence-electron chi connectivity index (χ2n) is 5.04. The van der Waals surface area contributed by atoms with Crippen molar-refractivity contribution in [1.82, 2.24) is 0 Å². The fourth-order valence-corrected chi connectivity index (χ4v) is 3.13. The van der Waals surface area contributed by atoms with E-state index in [9.17, 15) is 10.1 Å². The molecule has 4 nitrogen and oxygen atoms in total. The summed E-state index contributed by atoms with van der Waals surface area (Å²) in [6.07, 6.45) is 0. The van der Waals surface area contributed by atoms with Crippen molar-refractivity contribution in [3.05, 3.63) is 55.3 Å². The molecule has 2 rings (SSSR count). The maximum atomic E-state index is 11.2. The van der Waals surface area contributed by atoms with Crippen molar-refractivity contribution in [1.29, 1.82) is 0 Å². The van der Waals surface area contributed by atoms with E-state index in [1.165, 1.54) is 10.4 Å². The van der Waals surface area contributed by atoms with Crippen molar-refractivity contribution in [2.45, 2.75) is 33.7 Å². The number of rotatable bonds is 4. The van der Waals surface area contributed by atoms with E-state index in [-0.39, 0.29) is 16.7 Å². The van der Waals surface area contributed by atoms with Crippen molar-refractivity contribution in [2.24, 2.45) is 0 Å². The van der Waals surface area contributed by atoms with Crippen LogP contribution < -0.4 is 5.32 Å². The molecule has 1 heterocycles. The van der Waals surface area contributed by atoms with Gasteiger partial charge in [0, 0.05) is 10.9 Å². The van der Waals surface area contributed by atoms with Gasteiger partial charge in [-0.2, -0.15) is 0 Å². The van der Waals surface area contributed by atoms with Gasteiger partial charge in [0.2, 0.25) is 0 Å². The molecule has 1 aromatic heterocycles. The number of nitro groups is 1. The molecule has 2 aromatic rings. The number of benzene rings is 1. The van der Waals surface area contributed by atoms with Gasteiger partial charge in [-0.3, -0.25) is 10.1 Å². The highest BCUT2D eigenvalue weighted by molar-refractivity contribution is 7.10. The number of nitrogens with one attached hydrogen (secondary N) is 1. The minimum Gasteiger partial charge on any atom is -0.372 e. The Kier molecular flexibility index (Phi) is 4.09. The van der Waals surface area contributed by atoms with Crippen molar-refractivity contribution in [3.63, 3.8) is 0 Å². The monoisotopic (exact) mass is 290 g/mol. The molecular weight excluding hydrogens is 272 g/mol. The van der Waals surface area contributed by atoms with Crippen molar-refractivity contribution in [2.75, 3.05) is 5.32 Å². The van der Waals surface area contributed by atoms with Crippen LogP contribution >= 0.6 is 11.3 Å². The van der Waals surface area contributed by atoms with Crippen LogP contribution in [-0.2, 0) is 0 Å². The summed E-state index contributed by atoms with van der Waals surface area (Å²) in [6.45, 7) is 7.93. The van der Waals surface area contributed by atoms with Gasteiger partial charge in [0.05, 0.1) is 11.0 Å². The first-order chi connectivity index (χ1) is 9.40. The van der Waals surface area contributed by atoms with Gasteiger partial charge in [-0.1, -0.05) is 0 Å². The summed E-state index contributed by atoms with van der Waals surface area (Å²) >= 11 is 1.67.